The first-order valence-corrected chi connectivity index (χ1v) is 8.32. The smallest absolute Gasteiger partial charge is 0.309 e. The van der Waals surface area contributed by atoms with Gasteiger partial charge in [-0.15, -0.1) is 10.2 Å². The summed E-state index contributed by atoms with van der Waals surface area (Å²) in [6.07, 6.45) is 0. The second kappa shape index (κ2) is 8.30. The van der Waals surface area contributed by atoms with Gasteiger partial charge in [0.2, 0.25) is 11.6 Å². The van der Waals surface area contributed by atoms with Crippen LogP contribution in [0, 0.1) is 0 Å². The van der Waals surface area contributed by atoms with Gasteiger partial charge < -0.3 is 29.7 Å². The number of methoxy groups -OCH3 is 3. The van der Waals surface area contributed by atoms with Crippen LogP contribution < -0.4 is 25.3 Å². The van der Waals surface area contributed by atoms with E-state index in [2.05, 4.69) is 15.5 Å². The average molecular weight is 384 g/mol. The van der Waals surface area contributed by atoms with E-state index in [1.807, 2.05) is 0 Å². The molecule has 2 aromatic carbocycles. The number of aromatic nitrogens is 2. The van der Waals surface area contributed by atoms with Crippen LogP contribution in [0.25, 0.3) is 11.5 Å². The van der Waals surface area contributed by atoms with Gasteiger partial charge in [-0.2, -0.15) is 0 Å². The minimum absolute atomic E-state index is 0.161. The fourth-order valence-electron chi connectivity index (χ4n) is 2.61. The second-order valence-corrected chi connectivity index (χ2v) is 5.72. The Balaban J connectivity index is 1.74. The standard InChI is InChI=1S/C19H20N4O5/c1-25-14-8-11(9-15(26-2)16(14)27-3)10-21-17(24)19-23-22-18(28-19)12-6-4-5-7-13(12)20/h4-9H,10,20H2,1-3H3,(H,21,24). The van der Waals surface area contributed by atoms with E-state index in [0.717, 1.165) is 5.56 Å². The average Bonchev–Trinajstić information content (AvgIpc) is 3.21. The van der Waals surface area contributed by atoms with Crippen LogP contribution in [0.1, 0.15) is 16.2 Å². The molecule has 3 N–H and O–H groups in total. The van der Waals surface area contributed by atoms with Crippen molar-refractivity contribution in [3.05, 3.63) is 47.9 Å². The molecule has 0 bridgehead atoms. The fourth-order valence-corrected chi connectivity index (χ4v) is 2.61. The number of nitrogens with one attached hydrogen (secondary N) is 1. The Bertz CT molecular complexity index is 961. The topological polar surface area (TPSA) is 122 Å². The summed E-state index contributed by atoms with van der Waals surface area (Å²) in [6, 6.07) is 10.5. The number of benzene rings is 2. The highest BCUT2D eigenvalue weighted by Gasteiger charge is 2.18. The number of anilines is 1. The Morgan fingerprint density at radius 1 is 1.07 bits per heavy atom. The molecule has 0 saturated heterocycles. The van der Waals surface area contributed by atoms with Crippen molar-refractivity contribution in [2.45, 2.75) is 6.54 Å². The van der Waals surface area contributed by atoms with E-state index in [0.29, 0.717) is 28.5 Å². The summed E-state index contributed by atoms with van der Waals surface area (Å²) in [6.45, 7) is 0.195. The Hall–Kier alpha value is -3.75. The van der Waals surface area contributed by atoms with Crippen molar-refractivity contribution in [3.8, 4) is 28.7 Å². The third-order valence-electron chi connectivity index (χ3n) is 3.99. The molecular weight excluding hydrogens is 364 g/mol. The van der Waals surface area contributed by atoms with Crippen LogP contribution in [0.4, 0.5) is 5.69 Å². The van der Waals surface area contributed by atoms with Gasteiger partial charge in [-0.1, -0.05) is 12.1 Å². The molecule has 1 amide bonds. The summed E-state index contributed by atoms with van der Waals surface area (Å²) in [5.41, 5.74) is 7.68. The van der Waals surface area contributed by atoms with Gasteiger partial charge in [0, 0.05) is 12.2 Å². The van der Waals surface area contributed by atoms with Gasteiger partial charge in [-0.3, -0.25) is 4.79 Å². The first-order chi connectivity index (χ1) is 13.6. The van der Waals surface area contributed by atoms with Gasteiger partial charge in [0.25, 0.3) is 0 Å². The van der Waals surface area contributed by atoms with Crippen LogP contribution in [-0.2, 0) is 6.54 Å². The maximum atomic E-state index is 12.4. The first-order valence-electron chi connectivity index (χ1n) is 8.32. The number of hydrogen-bond donors (Lipinski definition) is 2. The predicted molar refractivity (Wildman–Crippen MR) is 101 cm³/mol. The number of rotatable bonds is 7. The molecule has 0 fully saturated rings. The molecule has 0 aliphatic carbocycles. The molecule has 3 aromatic rings. The number of hydrogen-bond acceptors (Lipinski definition) is 8. The lowest BCUT2D eigenvalue weighted by atomic mass is 10.1. The van der Waals surface area contributed by atoms with Crippen LogP contribution in [0.3, 0.4) is 0 Å². The number of para-hydroxylation sites is 1. The van der Waals surface area contributed by atoms with E-state index in [-0.39, 0.29) is 18.3 Å². The lowest BCUT2D eigenvalue weighted by Gasteiger charge is -2.14. The molecule has 0 unspecified atom stereocenters. The SMILES string of the molecule is COc1cc(CNC(=O)c2nnc(-c3ccccc3N)o2)cc(OC)c1OC. The number of nitrogen functional groups attached to an aromatic ring is 1. The van der Waals surface area contributed by atoms with Gasteiger partial charge >= 0.3 is 11.8 Å². The number of nitrogens with two attached hydrogens (primary N) is 1. The van der Waals surface area contributed by atoms with E-state index in [9.17, 15) is 4.79 Å². The number of carbonyl (C=O) groups is 1. The number of carbonyl (C=O) groups excluding carboxylic acids is 1. The zero-order chi connectivity index (χ0) is 20.1. The van der Waals surface area contributed by atoms with Crippen molar-refractivity contribution in [2.24, 2.45) is 0 Å². The highest BCUT2D eigenvalue weighted by molar-refractivity contribution is 5.89. The van der Waals surface area contributed by atoms with Crippen LogP contribution >= 0.6 is 0 Å². The molecule has 0 saturated carbocycles. The van der Waals surface area contributed by atoms with Gasteiger partial charge in [0.1, 0.15) is 0 Å². The number of amides is 1. The summed E-state index contributed by atoms with van der Waals surface area (Å²) in [7, 11) is 4.57. The molecule has 1 heterocycles. The van der Waals surface area contributed by atoms with E-state index < -0.39 is 5.91 Å². The number of ether oxygens (including phenoxy) is 3. The van der Waals surface area contributed by atoms with Crippen molar-refractivity contribution in [3.63, 3.8) is 0 Å². The van der Waals surface area contributed by atoms with Gasteiger partial charge in [0.15, 0.2) is 11.5 Å². The van der Waals surface area contributed by atoms with Crippen molar-refractivity contribution >= 4 is 11.6 Å². The molecule has 3 rings (SSSR count). The largest absolute Gasteiger partial charge is 0.493 e. The minimum Gasteiger partial charge on any atom is -0.493 e. The molecule has 1 aromatic heterocycles. The van der Waals surface area contributed by atoms with Crippen LogP contribution in [0.5, 0.6) is 17.2 Å². The van der Waals surface area contributed by atoms with E-state index in [1.54, 1.807) is 36.4 Å². The van der Waals surface area contributed by atoms with Crippen molar-refractivity contribution in [1.29, 1.82) is 0 Å². The molecule has 0 radical (unpaired) electrons. The third-order valence-corrected chi connectivity index (χ3v) is 3.99. The molecule has 0 aliphatic heterocycles. The van der Waals surface area contributed by atoms with Gasteiger partial charge in [-0.05, 0) is 29.8 Å². The van der Waals surface area contributed by atoms with E-state index >= 15 is 0 Å². The molecule has 0 spiro atoms. The van der Waals surface area contributed by atoms with Crippen molar-refractivity contribution in [2.75, 3.05) is 27.1 Å². The molecule has 0 aliphatic rings. The second-order valence-electron chi connectivity index (χ2n) is 5.72. The lowest BCUT2D eigenvalue weighted by Crippen LogP contribution is -2.23. The Kier molecular flexibility index (Phi) is 5.64. The third kappa shape index (κ3) is 3.83. The highest BCUT2D eigenvalue weighted by Crippen LogP contribution is 2.38. The predicted octanol–water partition coefficient (Wildman–Crippen LogP) is 2.27. The van der Waals surface area contributed by atoms with Crippen molar-refractivity contribution < 1.29 is 23.4 Å². The molecule has 28 heavy (non-hydrogen) atoms. The first kappa shape index (κ1) is 19.0. The van der Waals surface area contributed by atoms with E-state index in [4.69, 9.17) is 24.4 Å². The van der Waals surface area contributed by atoms with Crippen LogP contribution in [-0.4, -0.2) is 37.4 Å². The number of nitrogens with zero attached hydrogens (tertiary/aromatic N) is 2. The van der Waals surface area contributed by atoms with Gasteiger partial charge in [-0.25, -0.2) is 0 Å². The zero-order valence-corrected chi connectivity index (χ0v) is 15.7. The molecule has 0 atom stereocenters. The van der Waals surface area contributed by atoms with Crippen LogP contribution in [0.15, 0.2) is 40.8 Å². The lowest BCUT2D eigenvalue weighted by molar-refractivity contribution is 0.0916. The van der Waals surface area contributed by atoms with E-state index in [1.165, 1.54) is 21.3 Å². The fraction of sp³-hybridized carbons (Fsp3) is 0.211. The summed E-state index contributed by atoms with van der Waals surface area (Å²) >= 11 is 0. The maximum Gasteiger partial charge on any atom is 0.309 e. The zero-order valence-electron chi connectivity index (χ0n) is 15.7. The molecular formula is C19H20N4O5. The van der Waals surface area contributed by atoms with Crippen molar-refractivity contribution in [1.82, 2.24) is 15.5 Å². The molecule has 9 nitrogen and oxygen atoms in total. The summed E-state index contributed by atoms with van der Waals surface area (Å²) in [5, 5.41) is 10.4. The Morgan fingerprint density at radius 2 is 1.75 bits per heavy atom. The summed E-state index contributed by atoms with van der Waals surface area (Å²) in [5.74, 6) is 0.960. The Labute approximate surface area is 161 Å². The molecule has 146 valence electrons. The Morgan fingerprint density at radius 3 is 2.36 bits per heavy atom. The summed E-state index contributed by atoms with van der Waals surface area (Å²) in [4.78, 5) is 12.4. The highest BCUT2D eigenvalue weighted by atomic mass is 16.5. The molecule has 9 heteroatoms. The normalized spacial score (nSPS) is 10.4. The monoisotopic (exact) mass is 384 g/mol. The minimum atomic E-state index is -0.512. The maximum absolute atomic E-state index is 12.4. The van der Waals surface area contributed by atoms with Crippen LogP contribution in [0.2, 0.25) is 0 Å². The quantitative estimate of drug-likeness (QED) is 0.595. The summed E-state index contributed by atoms with van der Waals surface area (Å²) < 4.78 is 21.3. The van der Waals surface area contributed by atoms with Gasteiger partial charge in [0.05, 0.1) is 26.9 Å².